The zero-order chi connectivity index (χ0) is 22.8. The molecule has 33 heavy (non-hydrogen) atoms. The number of hydrogen-bond acceptors (Lipinski definition) is 4. The Balaban J connectivity index is 1.31. The number of rotatable bonds is 6. The first kappa shape index (κ1) is 21.2. The molecule has 3 heterocycles. The molecule has 2 N–H and O–H groups in total. The Labute approximate surface area is 194 Å². The second-order valence-electron chi connectivity index (χ2n) is 8.88. The van der Waals surface area contributed by atoms with Crippen molar-refractivity contribution < 1.29 is 4.79 Å². The van der Waals surface area contributed by atoms with Gasteiger partial charge in [0.05, 0.1) is 23.5 Å². The predicted octanol–water partition coefficient (Wildman–Crippen LogP) is 5.09. The fraction of sp³-hybridized carbons (Fsp3) is 0.296. The molecule has 2 aromatic heterocycles. The maximum Gasteiger partial charge on any atom is 0.227 e. The largest absolute Gasteiger partial charge is 0.364 e. The van der Waals surface area contributed by atoms with Crippen LogP contribution >= 0.6 is 0 Å². The summed E-state index contributed by atoms with van der Waals surface area (Å²) in [5.74, 6) is 0.958. The number of fused-ring (bicyclic) bond motifs is 1. The first-order valence-corrected chi connectivity index (χ1v) is 11.6. The molecule has 0 bridgehead atoms. The summed E-state index contributed by atoms with van der Waals surface area (Å²) in [5.41, 5.74) is 6.41. The van der Waals surface area contributed by atoms with Gasteiger partial charge in [0, 0.05) is 13.1 Å². The highest BCUT2D eigenvalue weighted by molar-refractivity contribution is 5.87. The van der Waals surface area contributed by atoms with Gasteiger partial charge in [-0.1, -0.05) is 48.5 Å². The molecular weight excluding hydrogens is 410 g/mol. The Morgan fingerprint density at radius 1 is 1.06 bits per heavy atom. The summed E-state index contributed by atoms with van der Waals surface area (Å²) in [5, 5.41) is 11.8. The number of pyridine rings is 1. The van der Waals surface area contributed by atoms with Gasteiger partial charge in [0.15, 0.2) is 11.5 Å². The summed E-state index contributed by atoms with van der Waals surface area (Å²) in [6.07, 6.45) is 2.36. The highest BCUT2D eigenvalue weighted by Gasteiger charge is 2.31. The van der Waals surface area contributed by atoms with Crippen molar-refractivity contribution in [3.05, 3.63) is 88.6 Å². The summed E-state index contributed by atoms with van der Waals surface area (Å²) in [6.45, 7) is 5.67. The molecule has 0 radical (unpaired) electrons. The molecule has 168 valence electrons. The molecule has 0 aliphatic carbocycles. The van der Waals surface area contributed by atoms with E-state index in [2.05, 4.69) is 65.8 Å². The van der Waals surface area contributed by atoms with Crippen LogP contribution in [-0.2, 0) is 17.8 Å². The standard InChI is InChI=1S/C27H29N5O/c1-18-10-11-21(15-19(18)2)16-25(33)32-14-6-9-24(32)23-13-12-22-26(30-31-27(22)29-23)28-17-20-7-4-3-5-8-20/h3-5,7-8,10-13,15,24H,6,9,14,16-17H2,1-2H3,(H2,28,29,30,31)/t24-/m1/s1. The first-order chi connectivity index (χ1) is 16.1. The Morgan fingerprint density at radius 2 is 1.91 bits per heavy atom. The minimum atomic E-state index is 0.0115. The molecule has 1 saturated heterocycles. The number of nitrogens with one attached hydrogen (secondary N) is 2. The first-order valence-electron chi connectivity index (χ1n) is 11.6. The molecule has 6 nitrogen and oxygen atoms in total. The van der Waals surface area contributed by atoms with Gasteiger partial charge < -0.3 is 10.2 Å². The van der Waals surface area contributed by atoms with E-state index < -0.39 is 0 Å². The van der Waals surface area contributed by atoms with Crippen LogP contribution in [-0.4, -0.2) is 32.5 Å². The highest BCUT2D eigenvalue weighted by Crippen LogP contribution is 2.33. The van der Waals surface area contributed by atoms with Gasteiger partial charge in [-0.25, -0.2) is 4.98 Å². The minimum Gasteiger partial charge on any atom is -0.364 e. The van der Waals surface area contributed by atoms with Gasteiger partial charge in [-0.05, 0) is 61.1 Å². The van der Waals surface area contributed by atoms with Gasteiger partial charge in [-0.2, -0.15) is 5.10 Å². The van der Waals surface area contributed by atoms with E-state index in [9.17, 15) is 4.79 Å². The topological polar surface area (TPSA) is 73.9 Å². The van der Waals surface area contributed by atoms with E-state index in [1.165, 1.54) is 16.7 Å². The smallest absolute Gasteiger partial charge is 0.227 e. The quantitative estimate of drug-likeness (QED) is 0.439. The zero-order valence-electron chi connectivity index (χ0n) is 19.1. The van der Waals surface area contributed by atoms with E-state index in [-0.39, 0.29) is 11.9 Å². The monoisotopic (exact) mass is 439 g/mol. The van der Waals surface area contributed by atoms with E-state index in [1.54, 1.807) is 0 Å². The van der Waals surface area contributed by atoms with Crippen LogP contribution in [0.3, 0.4) is 0 Å². The van der Waals surface area contributed by atoms with Gasteiger partial charge in [-0.3, -0.25) is 9.89 Å². The number of aryl methyl sites for hydroxylation is 2. The van der Waals surface area contributed by atoms with Gasteiger partial charge >= 0.3 is 0 Å². The predicted molar refractivity (Wildman–Crippen MR) is 131 cm³/mol. The van der Waals surface area contributed by atoms with Gasteiger partial charge in [0.2, 0.25) is 5.91 Å². The number of carbonyl (C=O) groups is 1. The van der Waals surface area contributed by atoms with E-state index in [1.807, 2.05) is 29.2 Å². The number of benzene rings is 2. The lowest BCUT2D eigenvalue weighted by Crippen LogP contribution is -2.32. The molecule has 5 rings (SSSR count). The molecule has 0 saturated carbocycles. The fourth-order valence-corrected chi connectivity index (χ4v) is 4.58. The zero-order valence-corrected chi connectivity index (χ0v) is 19.1. The molecule has 0 unspecified atom stereocenters. The number of aromatic amines is 1. The summed E-state index contributed by atoms with van der Waals surface area (Å²) < 4.78 is 0. The number of hydrogen-bond donors (Lipinski definition) is 2. The number of amides is 1. The Bertz CT molecular complexity index is 1280. The number of likely N-dealkylation sites (tertiary alicyclic amines) is 1. The van der Waals surface area contributed by atoms with E-state index in [4.69, 9.17) is 4.98 Å². The highest BCUT2D eigenvalue weighted by atomic mass is 16.2. The summed E-state index contributed by atoms with van der Waals surface area (Å²) in [7, 11) is 0. The maximum atomic E-state index is 13.2. The number of carbonyl (C=O) groups excluding carboxylic acids is 1. The molecule has 0 spiro atoms. The van der Waals surface area contributed by atoms with Gasteiger partial charge in [0.1, 0.15) is 0 Å². The van der Waals surface area contributed by atoms with Crippen LogP contribution in [0.2, 0.25) is 0 Å². The molecule has 1 aliphatic rings. The van der Waals surface area contributed by atoms with Crippen molar-refractivity contribution in [1.82, 2.24) is 20.1 Å². The average Bonchev–Trinajstić information content (AvgIpc) is 3.48. The van der Waals surface area contributed by atoms with Crippen molar-refractivity contribution in [2.24, 2.45) is 0 Å². The van der Waals surface area contributed by atoms with Crippen molar-refractivity contribution in [3.8, 4) is 0 Å². The summed E-state index contributed by atoms with van der Waals surface area (Å²) in [4.78, 5) is 20.0. The summed E-state index contributed by atoms with van der Waals surface area (Å²) in [6, 6.07) is 20.6. The summed E-state index contributed by atoms with van der Waals surface area (Å²) >= 11 is 0. The van der Waals surface area contributed by atoms with Crippen LogP contribution < -0.4 is 5.32 Å². The average molecular weight is 440 g/mol. The molecule has 1 aliphatic heterocycles. The second kappa shape index (κ2) is 9.06. The third kappa shape index (κ3) is 4.46. The van der Waals surface area contributed by atoms with Crippen molar-refractivity contribution in [3.63, 3.8) is 0 Å². The molecule has 1 atom stereocenters. The van der Waals surface area contributed by atoms with Crippen LogP contribution in [0.4, 0.5) is 5.82 Å². The third-order valence-electron chi connectivity index (χ3n) is 6.59. The van der Waals surface area contributed by atoms with Crippen molar-refractivity contribution >= 4 is 22.8 Å². The molecular formula is C27H29N5O. The van der Waals surface area contributed by atoms with Crippen LogP contribution in [0.15, 0.2) is 60.7 Å². The number of H-pyrrole nitrogens is 1. The van der Waals surface area contributed by atoms with E-state index in [0.717, 1.165) is 47.5 Å². The number of nitrogens with zero attached hydrogens (tertiary/aromatic N) is 3. The van der Waals surface area contributed by atoms with Crippen molar-refractivity contribution in [2.75, 3.05) is 11.9 Å². The third-order valence-corrected chi connectivity index (χ3v) is 6.59. The molecule has 6 heteroatoms. The molecule has 1 fully saturated rings. The van der Waals surface area contributed by atoms with Crippen LogP contribution in [0.1, 0.15) is 46.8 Å². The second-order valence-corrected chi connectivity index (χ2v) is 8.88. The lowest BCUT2D eigenvalue weighted by molar-refractivity contribution is -0.131. The SMILES string of the molecule is Cc1ccc(CC(=O)N2CCC[C@@H]2c2ccc3c(NCc4ccccc4)n[nH]c3n2)cc1C. The lowest BCUT2D eigenvalue weighted by atomic mass is 10.0. The maximum absolute atomic E-state index is 13.2. The number of anilines is 1. The van der Waals surface area contributed by atoms with Crippen molar-refractivity contribution in [2.45, 2.75) is 45.7 Å². The van der Waals surface area contributed by atoms with Gasteiger partial charge in [-0.15, -0.1) is 0 Å². The molecule has 4 aromatic rings. The van der Waals surface area contributed by atoms with Crippen LogP contribution in [0.25, 0.3) is 11.0 Å². The normalized spacial score (nSPS) is 15.8. The Hall–Kier alpha value is -3.67. The van der Waals surface area contributed by atoms with Crippen LogP contribution in [0.5, 0.6) is 0 Å². The van der Waals surface area contributed by atoms with E-state index in [0.29, 0.717) is 13.0 Å². The van der Waals surface area contributed by atoms with Gasteiger partial charge in [0.25, 0.3) is 0 Å². The minimum absolute atomic E-state index is 0.0115. The van der Waals surface area contributed by atoms with E-state index >= 15 is 0 Å². The Kier molecular flexibility index (Phi) is 5.82. The fourth-order valence-electron chi connectivity index (χ4n) is 4.58. The van der Waals surface area contributed by atoms with Crippen molar-refractivity contribution in [1.29, 1.82) is 0 Å². The Morgan fingerprint density at radius 3 is 2.73 bits per heavy atom. The molecule has 1 amide bonds. The molecule has 2 aromatic carbocycles. The van der Waals surface area contributed by atoms with Crippen LogP contribution in [0, 0.1) is 13.8 Å². The lowest BCUT2D eigenvalue weighted by Gasteiger charge is -2.24. The number of aromatic nitrogens is 3.